The number of carbonyl (C=O) groups excluding carboxylic acids is 2. The van der Waals surface area contributed by atoms with Crippen LogP contribution in [0.25, 0.3) is 0 Å². The van der Waals surface area contributed by atoms with E-state index in [1.807, 2.05) is 18.2 Å². The number of carbonyl (C=O) groups is 2. The Morgan fingerprint density at radius 3 is 2.84 bits per heavy atom. The summed E-state index contributed by atoms with van der Waals surface area (Å²) < 4.78 is 5.30. The van der Waals surface area contributed by atoms with Crippen LogP contribution >= 0.6 is 0 Å². The Labute approximate surface area is 145 Å². The first kappa shape index (κ1) is 16.5. The molecule has 1 aliphatic heterocycles. The molecule has 0 aromatic heterocycles. The molecule has 1 aliphatic rings. The Morgan fingerprint density at radius 2 is 2.08 bits per heavy atom. The van der Waals surface area contributed by atoms with Crippen LogP contribution in [-0.4, -0.2) is 25.5 Å². The van der Waals surface area contributed by atoms with E-state index in [1.54, 1.807) is 48.4 Å². The lowest BCUT2D eigenvalue weighted by molar-refractivity contribution is -0.122. The first-order chi connectivity index (χ1) is 12.1. The summed E-state index contributed by atoms with van der Waals surface area (Å²) in [6, 6.07) is 16.0. The average molecular weight is 335 g/mol. The number of nitrogens with one attached hydrogen (secondary N) is 1. The molecule has 0 bridgehead atoms. The van der Waals surface area contributed by atoms with Crippen molar-refractivity contribution in [2.24, 2.45) is 5.92 Å². The van der Waals surface area contributed by atoms with Crippen LogP contribution in [0.15, 0.2) is 48.5 Å². The summed E-state index contributed by atoms with van der Waals surface area (Å²) in [4.78, 5) is 26.4. The molecule has 0 radical (unpaired) electrons. The molecule has 126 valence electrons. The van der Waals surface area contributed by atoms with Gasteiger partial charge in [0, 0.05) is 18.7 Å². The predicted molar refractivity (Wildman–Crippen MR) is 93.2 cm³/mol. The van der Waals surface area contributed by atoms with Crippen molar-refractivity contribution >= 4 is 23.2 Å². The van der Waals surface area contributed by atoms with Gasteiger partial charge in [0.05, 0.1) is 30.3 Å². The topological polar surface area (TPSA) is 82.4 Å². The molecule has 2 aromatic carbocycles. The van der Waals surface area contributed by atoms with Gasteiger partial charge in [0.1, 0.15) is 5.75 Å². The molecule has 1 heterocycles. The summed E-state index contributed by atoms with van der Waals surface area (Å²) in [6.07, 6.45) is 0.141. The largest absolute Gasteiger partial charge is 0.495 e. The van der Waals surface area contributed by atoms with E-state index >= 15 is 0 Å². The maximum absolute atomic E-state index is 12.5. The lowest BCUT2D eigenvalue weighted by Crippen LogP contribution is -2.28. The summed E-state index contributed by atoms with van der Waals surface area (Å²) in [5, 5.41) is 11.7. The summed E-state index contributed by atoms with van der Waals surface area (Å²) >= 11 is 0. The summed E-state index contributed by atoms with van der Waals surface area (Å²) in [6.45, 7) is 0.295. The smallest absolute Gasteiger partial charge is 0.229 e. The van der Waals surface area contributed by atoms with Crippen LogP contribution in [-0.2, 0) is 9.59 Å². The third-order valence-electron chi connectivity index (χ3n) is 4.13. The zero-order valence-corrected chi connectivity index (χ0v) is 13.7. The summed E-state index contributed by atoms with van der Waals surface area (Å²) in [5.74, 6) is -0.210. The quantitative estimate of drug-likeness (QED) is 0.931. The predicted octanol–water partition coefficient (Wildman–Crippen LogP) is 2.56. The Bertz CT molecular complexity index is 857. The van der Waals surface area contributed by atoms with E-state index in [1.165, 1.54) is 0 Å². The van der Waals surface area contributed by atoms with E-state index in [-0.39, 0.29) is 18.2 Å². The van der Waals surface area contributed by atoms with E-state index < -0.39 is 5.92 Å². The Kier molecular flexibility index (Phi) is 4.66. The van der Waals surface area contributed by atoms with Gasteiger partial charge in [-0.1, -0.05) is 18.2 Å². The van der Waals surface area contributed by atoms with Crippen molar-refractivity contribution in [3.8, 4) is 11.8 Å². The number of amides is 2. The van der Waals surface area contributed by atoms with Crippen molar-refractivity contribution in [2.45, 2.75) is 6.42 Å². The van der Waals surface area contributed by atoms with E-state index in [2.05, 4.69) is 5.32 Å². The first-order valence-electron chi connectivity index (χ1n) is 7.87. The van der Waals surface area contributed by atoms with Crippen molar-refractivity contribution in [3.63, 3.8) is 0 Å². The van der Waals surface area contributed by atoms with Crippen LogP contribution in [0, 0.1) is 17.2 Å². The minimum absolute atomic E-state index is 0.115. The van der Waals surface area contributed by atoms with Crippen LogP contribution < -0.4 is 15.0 Å². The molecule has 0 aliphatic carbocycles. The number of hydrogen-bond donors (Lipinski definition) is 1. The number of benzene rings is 2. The van der Waals surface area contributed by atoms with Crippen molar-refractivity contribution in [2.75, 3.05) is 23.9 Å². The lowest BCUT2D eigenvalue weighted by Gasteiger charge is -2.19. The number of hydrogen-bond acceptors (Lipinski definition) is 4. The molecule has 0 saturated carbocycles. The van der Waals surface area contributed by atoms with E-state index in [4.69, 9.17) is 10.00 Å². The standard InChI is InChI=1S/C19H17N3O3/c1-25-17-8-3-2-7-16(17)22-12-14(10-18(22)23)19(24)21-15-6-4-5-13(9-15)11-20/h2-9,14H,10,12H2,1H3,(H,21,24)/t14-/m0/s1. The molecule has 0 unspecified atom stereocenters. The highest BCUT2D eigenvalue weighted by molar-refractivity contribution is 6.04. The monoisotopic (exact) mass is 335 g/mol. The van der Waals surface area contributed by atoms with Crippen LogP contribution in [0.5, 0.6) is 5.75 Å². The molecular formula is C19H17N3O3. The van der Waals surface area contributed by atoms with Gasteiger partial charge in [-0.15, -0.1) is 0 Å². The van der Waals surface area contributed by atoms with Gasteiger partial charge in [-0.2, -0.15) is 5.26 Å². The molecule has 2 aromatic rings. The van der Waals surface area contributed by atoms with Crippen LogP contribution in [0.4, 0.5) is 11.4 Å². The molecule has 1 saturated heterocycles. The zero-order valence-electron chi connectivity index (χ0n) is 13.7. The molecule has 6 heteroatoms. The van der Waals surface area contributed by atoms with Gasteiger partial charge in [0.25, 0.3) is 0 Å². The summed E-state index contributed by atoms with van der Waals surface area (Å²) in [7, 11) is 1.55. The van der Waals surface area contributed by atoms with Crippen molar-refractivity contribution < 1.29 is 14.3 Å². The highest BCUT2D eigenvalue weighted by atomic mass is 16.5. The number of rotatable bonds is 4. The minimum atomic E-state index is -0.455. The van der Waals surface area contributed by atoms with Crippen LogP contribution in [0.1, 0.15) is 12.0 Å². The van der Waals surface area contributed by atoms with Crippen LogP contribution in [0.3, 0.4) is 0 Å². The maximum atomic E-state index is 12.5. The van der Waals surface area contributed by atoms with Gasteiger partial charge >= 0.3 is 0 Å². The zero-order chi connectivity index (χ0) is 17.8. The van der Waals surface area contributed by atoms with Gasteiger partial charge < -0.3 is 15.0 Å². The number of nitrogens with zero attached hydrogens (tertiary/aromatic N) is 2. The molecular weight excluding hydrogens is 318 g/mol. The molecule has 1 fully saturated rings. The molecule has 1 N–H and O–H groups in total. The third-order valence-corrected chi connectivity index (χ3v) is 4.13. The molecule has 0 spiro atoms. The second-order valence-corrected chi connectivity index (χ2v) is 5.76. The fourth-order valence-electron chi connectivity index (χ4n) is 2.88. The van der Waals surface area contributed by atoms with Gasteiger partial charge in [-0.05, 0) is 30.3 Å². The second kappa shape index (κ2) is 7.05. The fraction of sp³-hybridized carbons (Fsp3) is 0.211. The van der Waals surface area contributed by atoms with Crippen molar-refractivity contribution in [3.05, 3.63) is 54.1 Å². The van der Waals surface area contributed by atoms with Gasteiger partial charge in [0.15, 0.2) is 0 Å². The van der Waals surface area contributed by atoms with Gasteiger partial charge in [0.2, 0.25) is 11.8 Å². The molecule has 1 atom stereocenters. The van der Waals surface area contributed by atoms with Crippen LogP contribution in [0.2, 0.25) is 0 Å². The first-order valence-corrected chi connectivity index (χ1v) is 7.87. The number of anilines is 2. The Hall–Kier alpha value is -3.33. The number of para-hydroxylation sites is 2. The highest BCUT2D eigenvalue weighted by Gasteiger charge is 2.36. The highest BCUT2D eigenvalue weighted by Crippen LogP contribution is 2.33. The second-order valence-electron chi connectivity index (χ2n) is 5.76. The number of methoxy groups -OCH3 is 1. The molecule has 25 heavy (non-hydrogen) atoms. The van der Waals surface area contributed by atoms with Crippen molar-refractivity contribution in [1.29, 1.82) is 5.26 Å². The maximum Gasteiger partial charge on any atom is 0.229 e. The third kappa shape index (κ3) is 3.45. The molecule has 6 nitrogen and oxygen atoms in total. The van der Waals surface area contributed by atoms with E-state index in [0.717, 1.165) is 0 Å². The van der Waals surface area contributed by atoms with Gasteiger partial charge in [-0.3, -0.25) is 9.59 Å². The number of ether oxygens (including phenoxy) is 1. The normalized spacial score (nSPS) is 16.4. The Balaban J connectivity index is 1.73. The van der Waals surface area contributed by atoms with E-state index in [9.17, 15) is 9.59 Å². The van der Waals surface area contributed by atoms with E-state index in [0.29, 0.717) is 29.2 Å². The molecule has 2 amide bonds. The molecule has 3 rings (SSSR count). The minimum Gasteiger partial charge on any atom is -0.495 e. The number of nitriles is 1. The fourth-order valence-corrected chi connectivity index (χ4v) is 2.88. The summed E-state index contributed by atoms with van der Waals surface area (Å²) in [5.41, 5.74) is 1.68. The average Bonchev–Trinajstić information content (AvgIpc) is 3.03. The Morgan fingerprint density at radius 1 is 1.28 bits per heavy atom. The van der Waals surface area contributed by atoms with Gasteiger partial charge in [-0.25, -0.2) is 0 Å². The van der Waals surface area contributed by atoms with Crippen molar-refractivity contribution in [1.82, 2.24) is 0 Å². The SMILES string of the molecule is COc1ccccc1N1C[C@@H](C(=O)Nc2cccc(C#N)c2)CC1=O. The lowest BCUT2D eigenvalue weighted by atomic mass is 10.1.